The molecule has 3 aromatic rings. The summed E-state index contributed by atoms with van der Waals surface area (Å²) in [6.07, 6.45) is 6.29. The zero-order valence-electron chi connectivity index (χ0n) is 15.3. The van der Waals surface area contributed by atoms with E-state index in [1.54, 1.807) is 30.5 Å². The number of aromatic nitrogens is 3. The largest absolute Gasteiger partial charge is 0.364 e. The van der Waals surface area contributed by atoms with E-state index in [0.29, 0.717) is 22.6 Å². The molecule has 1 fully saturated rings. The molecule has 1 saturated carbocycles. The van der Waals surface area contributed by atoms with Crippen LogP contribution in [0.3, 0.4) is 0 Å². The summed E-state index contributed by atoms with van der Waals surface area (Å²) < 4.78 is 0. The van der Waals surface area contributed by atoms with Crippen molar-refractivity contribution in [1.29, 1.82) is 5.26 Å². The first-order chi connectivity index (χ1) is 14.0. The molecule has 0 unspecified atom stereocenters. The van der Waals surface area contributed by atoms with Gasteiger partial charge in [-0.05, 0) is 36.6 Å². The Hall–Kier alpha value is -4.12. The van der Waals surface area contributed by atoms with Crippen LogP contribution in [0.2, 0.25) is 0 Å². The molecule has 1 amide bonds. The summed E-state index contributed by atoms with van der Waals surface area (Å²) in [6.45, 7) is 0. The van der Waals surface area contributed by atoms with Gasteiger partial charge in [0.05, 0.1) is 22.7 Å². The second-order valence-electron chi connectivity index (χ2n) is 6.82. The van der Waals surface area contributed by atoms with Crippen molar-refractivity contribution < 1.29 is 9.59 Å². The maximum Gasteiger partial charge on any atom is 0.267 e. The number of pyridine rings is 1. The van der Waals surface area contributed by atoms with Crippen molar-refractivity contribution in [2.24, 2.45) is 5.73 Å². The van der Waals surface area contributed by atoms with Crippen LogP contribution in [0.15, 0.2) is 55.0 Å². The molecule has 142 valence electrons. The first kappa shape index (κ1) is 18.3. The Morgan fingerprint density at radius 1 is 1.03 bits per heavy atom. The van der Waals surface area contributed by atoms with Crippen molar-refractivity contribution in [3.05, 3.63) is 82.9 Å². The van der Waals surface area contributed by atoms with E-state index in [4.69, 9.17) is 11.0 Å². The molecule has 1 aliphatic carbocycles. The summed E-state index contributed by atoms with van der Waals surface area (Å²) in [4.78, 5) is 36.4. The lowest BCUT2D eigenvalue weighted by molar-refractivity contribution is 0.0994. The number of nitriles is 1. The molecule has 0 radical (unpaired) electrons. The predicted octanol–water partition coefficient (Wildman–Crippen LogP) is 2.17. The lowest BCUT2D eigenvalue weighted by Gasteiger charge is -2.17. The number of ketones is 1. The molecule has 1 aromatic carbocycles. The van der Waals surface area contributed by atoms with Crippen molar-refractivity contribution in [3.63, 3.8) is 0 Å². The maximum atomic E-state index is 12.6. The van der Waals surface area contributed by atoms with E-state index in [1.165, 1.54) is 18.5 Å². The number of amides is 1. The molecule has 2 heterocycles. The van der Waals surface area contributed by atoms with E-state index < -0.39 is 5.91 Å². The van der Waals surface area contributed by atoms with Gasteiger partial charge >= 0.3 is 0 Å². The van der Waals surface area contributed by atoms with Gasteiger partial charge in [-0.25, -0.2) is 9.97 Å². The van der Waals surface area contributed by atoms with Crippen LogP contribution < -0.4 is 11.1 Å². The zero-order chi connectivity index (χ0) is 20.4. The van der Waals surface area contributed by atoms with Crippen molar-refractivity contribution >= 4 is 17.6 Å². The van der Waals surface area contributed by atoms with Crippen LogP contribution in [0.1, 0.15) is 50.4 Å². The number of hydrogen-bond donors (Lipinski definition) is 2. The van der Waals surface area contributed by atoms with Crippen LogP contribution >= 0.6 is 0 Å². The van der Waals surface area contributed by atoms with Gasteiger partial charge in [0.15, 0.2) is 5.78 Å². The lowest BCUT2D eigenvalue weighted by Crippen LogP contribution is -2.21. The van der Waals surface area contributed by atoms with Crippen molar-refractivity contribution in [2.45, 2.75) is 18.4 Å². The molecule has 8 heteroatoms. The number of primary amides is 1. The summed E-state index contributed by atoms with van der Waals surface area (Å²) in [6, 6.07) is 11.9. The van der Waals surface area contributed by atoms with Gasteiger partial charge in [0.25, 0.3) is 5.91 Å². The SMILES string of the molecule is N#Cc1cccc(C(=O)c2cnc(NC3(c4ccc(C(N)=O)nc4)CC3)nc2)c1. The van der Waals surface area contributed by atoms with Crippen LogP contribution in [-0.4, -0.2) is 26.6 Å². The highest BCUT2D eigenvalue weighted by atomic mass is 16.1. The van der Waals surface area contributed by atoms with E-state index in [1.807, 2.05) is 12.1 Å². The van der Waals surface area contributed by atoms with Gasteiger partial charge < -0.3 is 11.1 Å². The molecule has 8 nitrogen and oxygen atoms in total. The average Bonchev–Trinajstić information content (AvgIpc) is 3.54. The molecule has 0 aliphatic heterocycles. The fourth-order valence-electron chi connectivity index (χ4n) is 3.05. The Bertz CT molecular complexity index is 1130. The normalized spacial score (nSPS) is 13.9. The number of carbonyl (C=O) groups excluding carboxylic acids is 2. The third kappa shape index (κ3) is 3.66. The van der Waals surface area contributed by atoms with Gasteiger partial charge in [0.1, 0.15) is 5.69 Å². The molecule has 3 N–H and O–H groups in total. The fraction of sp³-hybridized carbons (Fsp3) is 0.143. The highest BCUT2D eigenvalue weighted by Gasteiger charge is 2.45. The van der Waals surface area contributed by atoms with Gasteiger partial charge in [-0.2, -0.15) is 5.26 Å². The number of nitrogens with two attached hydrogens (primary N) is 1. The first-order valence-corrected chi connectivity index (χ1v) is 8.92. The average molecular weight is 384 g/mol. The smallest absolute Gasteiger partial charge is 0.267 e. The van der Waals surface area contributed by atoms with Crippen LogP contribution in [0.4, 0.5) is 5.95 Å². The van der Waals surface area contributed by atoms with Crippen LogP contribution in [-0.2, 0) is 5.54 Å². The molecule has 2 aromatic heterocycles. The number of hydrogen-bond acceptors (Lipinski definition) is 7. The van der Waals surface area contributed by atoms with Crippen molar-refractivity contribution in [2.75, 3.05) is 5.32 Å². The number of anilines is 1. The fourth-order valence-corrected chi connectivity index (χ4v) is 3.05. The molecule has 4 rings (SSSR count). The monoisotopic (exact) mass is 384 g/mol. The number of carbonyl (C=O) groups is 2. The number of rotatable bonds is 6. The number of nitrogens with zero attached hydrogens (tertiary/aromatic N) is 4. The Kier molecular flexibility index (Phi) is 4.49. The third-order valence-corrected chi connectivity index (χ3v) is 4.84. The summed E-state index contributed by atoms with van der Waals surface area (Å²) in [5.74, 6) is -0.428. The summed E-state index contributed by atoms with van der Waals surface area (Å²) >= 11 is 0. The topological polar surface area (TPSA) is 135 Å². The number of benzene rings is 1. The summed E-state index contributed by atoms with van der Waals surface area (Å²) in [5.41, 5.74) is 7.18. The van der Waals surface area contributed by atoms with Gasteiger partial charge in [-0.1, -0.05) is 18.2 Å². The van der Waals surface area contributed by atoms with Crippen LogP contribution in [0.5, 0.6) is 0 Å². The third-order valence-electron chi connectivity index (χ3n) is 4.84. The minimum absolute atomic E-state index is 0.212. The minimum atomic E-state index is -0.571. The minimum Gasteiger partial charge on any atom is -0.364 e. The first-order valence-electron chi connectivity index (χ1n) is 8.92. The number of nitrogens with one attached hydrogen (secondary N) is 1. The van der Waals surface area contributed by atoms with Gasteiger partial charge in [-0.15, -0.1) is 0 Å². The highest BCUT2D eigenvalue weighted by Crippen LogP contribution is 2.47. The molecule has 0 spiro atoms. The zero-order valence-corrected chi connectivity index (χ0v) is 15.3. The van der Waals surface area contributed by atoms with E-state index in [2.05, 4.69) is 20.3 Å². The van der Waals surface area contributed by atoms with Crippen LogP contribution in [0.25, 0.3) is 0 Å². The molecular formula is C21H16N6O2. The second kappa shape index (κ2) is 7.13. The quantitative estimate of drug-likeness (QED) is 0.622. The Morgan fingerprint density at radius 3 is 2.38 bits per heavy atom. The van der Waals surface area contributed by atoms with E-state index in [-0.39, 0.29) is 17.0 Å². The summed E-state index contributed by atoms with van der Waals surface area (Å²) in [7, 11) is 0. The molecule has 1 aliphatic rings. The van der Waals surface area contributed by atoms with Crippen LogP contribution in [0, 0.1) is 11.3 Å². The van der Waals surface area contributed by atoms with Gasteiger partial charge in [-0.3, -0.25) is 14.6 Å². The van der Waals surface area contributed by atoms with E-state index >= 15 is 0 Å². The van der Waals surface area contributed by atoms with Crippen molar-refractivity contribution in [1.82, 2.24) is 15.0 Å². The maximum absolute atomic E-state index is 12.6. The molecule has 0 saturated heterocycles. The van der Waals surface area contributed by atoms with E-state index in [9.17, 15) is 9.59 Å². The second-order valence-corrected chi connectivity index (χ2v) is 6.82. The molecule has 0 bridgehead atoms. The Labute approximate surface area is 166 Å². The van der Waals surface area contributed by atoms with Crippen molar-refractivity contribution in [3.8, 4) is 6.07 Å². The predicted molar refractivity (Wildman–Crippen MR) is 104 cm³/mol. The Morgan fingerprint density at radius 2 is 1.79 bits per heavy atom. The summed E-state index contributed by atoms with van der Waals surface area (Å²) in [5, 5.41) is 12.3. The van der Waals surface area contributed by atoms with Gasteiger partial charge in [0, 0.05) is 24.2 Å². The Balaban J connectivity index is 1.50. The van der Waals surface area contributed by atoms with Gasteiger partial charge in [0.2, 0.25) is 5.95 Å². The molecule has 29 heavy (non-hydrogen) atoms. The molecule has 0 atom stereocenters. The van der Waals surface area contributed by atoms with E-state index in [0.717, 1.165) is 18.4 Å². The highest BCUT2D eigenvalue weighted by molar-refractivity contribution is 6.08. The molecular weight excluding hydrogens is 368 g/mol. The lowest BCUT2D eigenvalue weighted by atomic mass is 10.0. The standard InChI is InChI=1S/C21H16N6O2/c22-9-13-2-1-3-14(8-13)18(28)15-10-25-20(26-11-15)27-21(6-7-21)16-4-5-17(19(23)29)24-12-16/h1-5,8,10-12H,6-7H2,(H2,23,29)(H,25,26,27).